The molecule has 1 heterocycles. The number of ether oxygens (including phenoxy) is 2. The Morgan fingerprint density at radius 2 is 1.90 bits per heavy atom. The van der Waals surface area contributed by atoms with Crippen molar-refractivity contribution in [1.29, 1.82) is 0 Å². The fourth-order valence-electron chi connectivity index (χ4n) is 3.26. The maximum absolute atomic E-state index is 13.0. The van der Waals surface area contributed by atoms with Gasteiger partial charge in [0.15, 0.2) is 5.11 Å². The molecule has 0 unspecified atom stereocenters. The lowest BCUT2D eigenvalue weighted by atomic mass is 9.96. The average Bonchev–Trinajstić information content (AvgIpc) is 2.97. The van der Waals surface area contributed by atoms with Gasteiger partial charge in [0.25, 0.3) is 5.91 Å². The first-order valence-corrected chi connectivity index (χ1v) is 10.0. The summed E-state index contributed by atoms with van der Waals surface area (Å²) in [5, 5.41) is 3.41. The molecule has 1 fully saturated rings. The Labute approximate surface area is 177 Å². The number of rotatable bonds is 6. The minimum absolute atomic E-state index is 0.181. The quantitative estimate of drug-likeness (QED) is 0.548. The van der Waals surface area contributed by atoms with Crippen molar-refractivity contribution in [3.05, 3.63) is 58.8 Å². The molecular formula is C23H26N2O3S. The SMILES string of the molecule is CCOc1cc(C)c(C=C2NC(=S)N(c3ccc(OC)cc3)C2=O)cc1C(C)C. The van der Waals surface area contributed by atoms with Crippen LogP contribution in [-0.2, 0) is 4.79 Å². The van der Waals surface area contributed by atoms with Gasteiger partial charge in [0, 0.05) is 0 Å². The molecule has 2 aromatic rings. The van der Waals surface area contributed by atoms with E-state index in [0.717, 1.165) is 28.2 Å². The molecule has 1 N–H and O–H groups in total. The highest BCUT2D eigenvalue weighted by Crippen LogP contribution is 2.32. The minimum atomic E-state index is -0.181. The molecule has 0 spiro atoms. The third kappa shape index (κ3) is 4.27. The topological polar surface area (TPSA) is 50.8 Å². The zero-order valence-electron chi connectivity index (χ0n) is 17.4. The zero-order chi connectivity index (χ0) is 21.1. The van der Waals surface area contributed by atoms with Crippen LogP contribution in [0.15, 0.2) is 42.1 Å². The molecule has 0 atom stereocenters. The smallest absolute Gasteiger partial charge is 0.281 e. The van der Waals surface area contributed by atoms with E-state index < -0.39 is 0 Å². The summed E-state index contributed by atoms with van der Waals surface area (Å²) in [5.41, 5.74) is 4.27. The summed E-state index contributed by atoms with van der Waals surface area (Å²) in [6, 6.07) is 11.4. The van der Waals surface area contributed by atoms with Crippen LogP contribution >= 0.6 is 12.2 Å². The lowest BCUT2D eigenvalue weighted by Gasteiger charge is -2.16. The van der Waals surface area contributed by atoms with Crippen molar-refractivity contribution >= 4 is 35.0 Å². The number of thiocarbonyl (C=S) groups is 1. The van der Waals surface area contributed by atoms with Crippen LogP contribution in [0.2, 0.25) is 0 Å². The number of anilines is 1. The van der Waals surface area contributed by atoms with Gasteiger partial charge in [-0.3, -0.25) is 9.69 Å². The van der Waals surface area contributed by atoms with Gasteiger partial charge in [0.1, 0.15) is 17.2 Å². The van der Waals surface area contributed by atoms with Crippen molar-refractivity contribution in [2.75, 3.05) is 18.6 Å². The number of methoxy groups -OCH3 is 1. The summed E-state index contributed by atoms with van der Waals surface area (Å²) < 4.78 is 11.0. The van der Waals surface area contributed by atoms with Crippen LogP contribution in [0.4, 0.5) is 5.69 Å². The highest BCUT2D eigenvalue weighted by Gasteiger charge is 2.32. The van der Waals surface area contributed by atoms with Gasteiger partial charge in [-0.15, -0.1) is 0 Å². The normalized spacial score (nSPS) is 15.2. The predicted octanol–water partition coefficient (Wildman–Crippen LogP) is 4.79. The molecule has 1 aliphatic heterocycles. The standard InChI is InChI=1S/C23H26N2O3S/c1-6-28-21-11-15(4)16(12-19(21)14(2)3)13-20-22(26)25(23(29)24-20)17-7-9-18(27-5)10-8-17/h7-14H,6H2,1-5H3,(H,24,29). The van der Waals surface area contributed by atoms with E-state index in [9.17, 15) is 4.79 Å². The van der Waals surface area contributed by atoms with E-state index in [2.05, 4.69) is 25.2 Å². The Bertz CT molecular complexity index is 965. The van der Waals surface area contributed by atoms with E-state index in [1.807, 2.05) is 38.1 Å². The molecular weight excluding hydrogens is 384 g/mol. The first-order chi connectivity index (χ1) is 13.8. The van der Waals surface area contributed by atoms with Gasteiger partial charge in [-0.2, -0.15) is 0 Å². The maximum Gasteiger partial charge on any atom is 0.281 e. The second-order valence-electron chi connectivity index (χ2n) is 7.16. The Hall–Kier alpha value is -2.86. The summed E-state index contributed by atoms with van der Waals surface area (Å²) in [7, 11) is 1.60. The predicted molar refractivity (Wildman–Crippen MR) is 121 cm³/mol. The van der Waals surface area contributed by atoms with Crippen LogP contribution in [0.1, 0.15) is 43.4 Å². The number of hydrogen-bond acceptors (Lipinski definition) is 4. The van der Waals surface area contributed by atoms with Gasteiger partial charge in [-0.1, -0.05) is 13.8 Å². The molecule has 1 aliphatic rings. The molecule has 2 aromatic carbocycles. The minimum Gasteiger partial charge on any atom is -0.497 e. The van der Waals surface area contributed by atoms with Crippen LogP contribution in [0, 0.1) is 6.92 Å². The molecule has 0 radical (unpaired) electrons. The lowest BCUT2D eigenvalue weighted by Crippen LogP contribution is -2.30. The first-order valence-electron chi connectivity index (χ1n) is 9.64. The molecule has 0 aliphatic carbocycles. The van der Waals surface area contributed by atoms with E-state index in [1.54, 1.807) is 19.2 Å². The molecule has 3 rings (SSSR count). The number of nitrogens with one attached hydrogen (secondary N) is 1. The number of hydrogen-bond donors (Lipinski definition) is 1. The number of benzene rings is 2. The molecule has 29 heavy (non-hydrogen) atoms. The van der Waals surface area contributed by atoms with Crippen molar-refractivity contribution < 1.29 is 14.3 Å². The highest BCUT2D eigenvalue weighted by atomic mass is 32.1. The Morgan fingerprint density at radius 3 is 2.48 bits per heavy atom. The third-order valence-electron chi connectivity index (χ3n) is 4.83. The lowest BCUT2D eigenvalue weighted by molar-refractivity contribution is -0.113. The van der Waals surface area contributed by atoms with Gasteiger partial charge in [-0.25, -0.2) is 0 Å². The van der Waals surface area contributed by atoms with Gasteiger partial charge >= 0.3 is 0 Å². The molecule has 6 heteroatoms. The monoisotopic (exact) mass is 410 g/mol. The van der Waals surface area contributed by atoms with Gasteiger partial charge in [-0.05, 0) is 91.1 Å². The Kier molecular flexibility index (Phi) is 6.23. The number of amides is 1. The molecule has 0 aromatic heterocycles. The van der Waals surface area contributed by atoms with Crippen LogP contribution in [0.25, 0.3) is 6.08 Å². The van der Waals surface area contributed by atoms with Crippen LogP contribution < -0.4 is 19.7 Å². The van der Waals surface area contributed by atoms with Crippen LogP contribution in [0.5, 0.6) is 11.5 Å². The summed E-state index contributed by atoms with van der Waals surface area (Å²) in [6.07, 6.45) is 1.86. The zero-order valence-corrected chi connectivity index (χ0v) is 18.2. The van der Waals surface area contributed by atoms with Crippen molar-refractivity contribution in [3.8, 4) is 11.5 Å². The van der Waals surface area contributed by atoms with E-state index in [0.29, 0.717) is 29.0 Å². The van der Waals surface area contributed by atoms with E-state index in [1.165, 1.54) is 4.90 Å². The second kappa shape index (κ2) is 8.66. The van der Waals surface area contributed by atoms with E-state index in [4.69, 9.17) is 21.7 Å². The third-order valence-corrected chi connectivity index (χ3v) is 5.11. The van der Waals surface area contributed by atoms with E-state index in [-0.39, 0.29) is 5.91 Å². The van der Waals surface area contributed by atoms with Gasteiger partial charge in [0.2, 0.25) is 0 Å². The molecule has 1 amide bonds. The summed E-state index contributed by atoms with van der Waals surface area (Å²) in [6.45, 7) is 8.86. The van der Waals surface area contributed by atoms with E-state index >= 15 is 0 Å². The molecule has 0 saturated carbocycles. The fourth-order valence-corrected chi connectivity index (χ4v) is 3.56. The molecule has 0 bridgehead atoms. The fraction of sp³-hybridized carbons (Fsp3) is 0.304. The summed E-state index contributed by atoms with van der Waals surface area (Å²) >= 11 is 5.41. The second-order valence-corrected chi connectivity index (χ2v) is 7.55. The first kappa shape index (κ1) is 20.9. The van der Waals surface area contributed by atoms with Crippen LogP contribution in [0.3, 0.4) is 0 Å². The summed E-state index contributed by atoms with van der Waals surface area (Å²) in [5.74, 6) is 1.74. The molecule has 152 valence electrons. The van der Waals surface area contributed by atoms with Crippen LogP contribution in [-0.4, -0.2) is 24.7 Å². The highest BCUT2D eigenvalue weighted by molar-refractivity contribution is 7.80. The largest absolute Gasteiger partial charge is 0.497 e. The molecule has 1 saturated heterocycles. The maximum atomic E-state index is 13.0. The Balaban J connectivity index is 1.95. The average molecular weight is 411 g/mol. The molecule has 5 nitrogen and oxygen atoms in total. The van der Waals surface area contributed by atoms with Gasteiger partial charge < -0.3 is 14.8 Å². The number of nitrogens with zero attached hydrogens (tertiary/aromatic N) is 1. The number of aryl methyl sites for hydroxylation is 1. The number of carbonyl (C=O) groups excluding carboxylic acids is 1. The number of carbonyl (C=O) groups is 1. The van der Waals surface area contributed by atoms with Crippen molar-refractivity contribution in [1.82, 2.24) is 5.32 Å². The van der Waals surface area contributed by atoms with Crippen molar-refractivity contribution in [3.63, 3.8) is 0 Å². The van der Waals surface area contributed by atoms with Crippen molar-refractivity contribution in [2.24, 2.45) is 0 Å². The summed E-state index contributed by atoms with van der Waals surface area (Å²) in [4.78, 5) is 14.5. The van der Waals surface area contributed by atoms with Crippen molar-refractivity contribution in [2.45, 2.75) is 33.6 Å². The Morgan fingerprint density at radius 1 is 1.21 bits per heavy atom. The van der Waals surface area contributed by atoms with Gasteiger partial charge in [0.05, 0.1) is 19.4 Å².